The number of rotatable bonds is 0. The molecule has 0 radical (unpaired) electrons. The first kappa shape index (κ1) is 14.8. The molecule has 0 unspecified atom stereocenters. The molecule has 0 aromatic heterocycles. The Morgan fingerprint density at radius 2 is 0.882 bits per heavy atom. The van der Waals surface area contributed by atoms with E-state index < -0.39 is 0 Å². The van der Waals surface area contributed by atoms with Crippen LogP contribution in [0.15, 0.2) is 12.2 Å². The normalized spacial score (nSPS) is 23.1. The highest BCUT2D eigenvalue weighted by Crippen LogP contribution is 2.08. The Kier molecular flexibility index (Phi) is 10.6. The summed E-state index contributed by atoms with van der Waals surface area (Å²) >= 11 is 0. The van der Waals surface area contributed by atoms with Gasteiger partial charge in [0.25, 0.3) is 0 Å². The van der Waals surface area contributed by atoms with Crippen molar-refractivity contribution in [3.63, 3.8) is 0 Å². The van der Waals surface area contributed by atoms with Crippen molar-refractivity contribution in [2.75, 3.05) is 13.1 Å². The Morgan fingerprint density at radius 1 is 0.471 bits per heavy atom. The van der Waals surface area contributed by atoms with E-state index in [4.69, 9.17) is 0 Å². The molecule has 1 N–H and O–H groups in total. The first-order valence-corrected chi connectivity index (χ1v) is 7.86. The van der Waals surface area contributed by atoms with Gasteiger partial charge in [-0.2, -0.15) is 0 Å². The predicted molar refractivity (Wildman–Crippen MR) is 77.4 cm³/mol. The van der Waals surface area contributed by atoms with E-state index in [1.54, 1.807) is 0 Å². The SMILES string of the molecule is C1=CCCCCCCCNCCCCCCC1. The maximum atomic E-state index is 3.57. The van der Waals surface area contributed by atoms with Crippen LogP contribution in [-0.4, -0.2) is 13.1 Å². The quantitative estimate of drug-likeness (QED) is 0.595. The highest BCUT2D eigenvalue weighted by atomic mass is 14.8. The molecule has 1 heterocycles. The molecule has 0 fully saturated rings. The lowest BCUT2D eigenvalue weighted by atomic mass is 10.1. The zero-order valence-electron chi connectivity index (χ0n) is 11.6. The Labute approximate surface area is 108 Å². The van der Waals surface area contributed by atoms with Gasteiger partial charge in [0.05, 0.1) is 0 Å². The molecule has 100 valence electrons. The Hall–Kier alpha value is -0.300. The second-order valence-electron chi connectivity index (χ2n) is 5.33. The monoisotopic (exact) mass is 237 g/mol. The summed E-state index contributed by atoms with van der Waals surface area (Å²) in [4.78, 5) is 0. The van der Waals surface area contributed by atoms with Crippen molar-refractivity contribution < 1.29 is 0 Å². The van der Waals surface area contributed by atoms with Gasteiger partial charge in [0, 0.05) is 0 Å². The zero-order valence-corrected chi connectivity index (χ0v) is 11.6. The van der Waals surface area contributed by atoms with Gasteiger partial charge in [-0.25, -0.2) is 0 Å². The van der Waals surface area contributed by atoms with Gasteiger partial charge in [0.15, 0.2) is 0 Å². The summed E-state index contributed by atoms with van der Waals surface area (Å²) in [6.07, 6.45) is 21.5. The van der Waals surface area contributed by atoms with Crippen molar-refractivity contribution in [2.24, 2.45) is 0 Å². The minimum atomic E-state index is 1.24. The van der Waals surface area contributed by atoms with Crippen molar-refractivity contribution in [3.05, 3.63) is 12.2 Å². The first-order valence-electron chi connectivity index (χ1n) is 7.86. The molecule has 1 aliphatic rings. The van der Waals surface area contributed by atoms with Crippen LogP contribution >= 0.6 is 0 Å². The van der Waals surface area contributed by atoms with Gasteiger partial charge in [-0.05, 0) is 51.6 Å². The van der Waals surface area contributed by atoms with Crippen LogP contribution in [-0.2, 0) is 0 Å². The van der Waals surface area contributed by atoms with Gasteiger partial charge in [0.1, 0.15) is 0 Å². The van der Waals surface area contributed by atoms with Crippen LogP contribution in [0.4, 0.5) is 0 Å². The summed E-state index contributed by atoms with van der Waals surface area (Å²) in [5.74, 6) is 0. The molecule has 0 aliphatic carbocycles. The van der Waals surface area contributed by atoms with E-state index in [1.165, 1.54) is 90.1 Å². The molecule has 17 heavy (non-hydrogen) atoms. The summed E-state index contributed by atoms with van der Waals surface area (Å²) in [6, 6.07) is 0. The third-order valence-electron chi connectivity index (χ3n) is 3.62. The Balaban J connectivity index is 2.07. The summed E-state index contributed by atoms with van der Waals surface area (Å²) in [5, 5.41) is 3.57. The van der Waals surface area contributed by atoms with Gasteiger partial charge >= 0.3 is 0 Å². The molecule has 0 spiro atoms. The summed E-state index contributed by atoms with van der Waals surface area (Å²) in [7, 11) is 0. The van der Waals surface area contributed by atoms with Crippen molar-refractivity contribution >= 4 is 0 Å². The summed E-state index contributed by atoms with van der Waals surface area (Å²) in [5.41, 5.74) is 0. The average molecular weight is 237 g/mol. The lowest BCUT2D eigenvalue weighted by molar-refractivity contribution is 0.549. The third kappa shape index (κ3) is 10.6. The molecule has 1 aliphatic heterocycles. The van der Waals surface area contributed by atoms with Gasteiger partial charge in [-0.3, -0.25) is 0 Å². The van der Waals surface area contributed by atoms with Gasteiger partial charge in [-0.15, -0.1) is 0 Å². The number of hydrogen-bond acceptors (Lipinski definition) is 1. The molecule has 0 aromatic rings. The number of hydrogen-bond donors (Lipinski definition) is 1. The second kappa shape index (κ2) is 12.2. The highest BCUT2D eigenvalue weighted by Gasteiger charge is 1.93. The van der Waals surface area contributed by atoms with E-state index in [2.05, 4.69) is 17.5 Å². The van der Waals surface area contributed by atoms with E-state index in [0.717, 1.165) is 0 Å². The maximum absolute atomic E-state index is 3.57. The van der Waals surface area contributed by atoms with Crippen LogP contribution in [0.1, 0.15) is 77.0 Å². The molecule has 0 amide bonds. The van der Waals surface area contributed by atoms with Crippen molar-refractivity contribution in [2.45, 2.75) is 77.0 Å². The van der Waals surface area contributed by atoms with Crippen LogP contribution in [0.25, 0.3) is 0 Å². The molecule has 0 bridgehead atoms. The van der Waals surface area contributed by atoms with E-state index in [1.807, 2.05) is 0 Å². The minimum Gasteiger partial charge on any atom is -0.317 e. The summed E-state index contributed by atoms with van der Waals surface area (Å²) in [6.45, 7) is 2.47. The maximum Gasteiger partial charge on any atom is -0.00489 e. The molecular formula is C16H31N. The fraction of sp³-hybridized carbons (Fsp3) is 0.875. The van der Waals surface area contributed by atoms with Crippen molar-refractivity contribution in [1.82, 2.24) is 5.32 Å². The van der Waals surface area contributed by atoms with E-state index in [-0.39, 0.29) is 0 Å². The number of allylic oxidation sites excluding steroid dienone is 2. The van der Waals surface area contributed by atoms with E-state index >= 15 is 0 Å². The Bertz CT molecular complexity index is 156. The molecule has 0 saturated heterocycles. The molecule has 1 heteroatoms. The predicted octanol–water partition coefficient (Wildman–Crippen LogP) is 4.83. The lowest BCUT2D eigenvalue weighted by Gasteiger charge is -2.04. The standard InChI is InChI=1S/C16H31N/c1-2-4-6-8-10-12-14-16-17-15-13-11-9-7-5-3-1/h1-2,17H,3-16H2. The van der Waals surface area contributed by atoms with Crippen molar-refractivity contribution in [3.8, 4) is 0 Å². The fourth-order valence-electron chi connectivity index (χ4n) is 2.45. The molecule has 0 aromatic carbocycles. The smallest absolute Gasteiger partial charge is 0.00489 e. The summed E-state index contributed by atoms with van der Waals surface area (Å²) < 4.78 is 0. The van der Waals surface area contributed by atoms with Gasteiger partial charge < -0.3 is 5.32 Å². The van der Waals surface area contributed by atoms with Crippen LogP contribution < -0.4 is 5.32 Å². The van der Waals surface area contributed by atoms with Crippen LogP contribution in [0.2, 0.25) is 0 Å². The number of nitrogens with one attached hydrogen (secondary N) is 1. The zero-order chi connectivity index (χ0) is 12.0. The largest absolute Gasteiger partial charge is 0.317 e. The molecule has 0 atom stereocenters. The lowest BCUT2D eigenvalue weighted by Crippen LogP contribution is -2.16. The average Bonchev–Trinajstić information content (AvgIpc) is 2.35. The highest BCUT2D eigenvalue weighted by molar-refractivity contribution is 4.81. The second-order valence-corrected chi connectivity index (χ2v) is 5.33. The van der Waals surface area contributed by atoms with Crippen molar-refractivity contribution in [1.29, 1.82) is 0 Å². The minimum absolute atomic E-state index is 1.24. The molecular weight excluding hydrogens is 206 g/mol. The van der Waals surface area contributed by atoms with Crippen LogP contribution in [0.3, 0.4) is 0 Å². The van der Waals surface area contributed by atoms with Gasteiger partial charge in [0.2, 0.25) is 0 Å². The van der Waals surface area contributed by atoms with Crippen LogP contribution in [0, 0.1) is 0 Å². The van der Waals surface area contributed by atoms with E-state index in [9.17, 15) is 0 Å². The first-order chi connectivity index (χ1) is 8.50. The third-order valence-corrected chi connectivity index (χ3v) is 3.62. The fourth-order valence-corrected chi connectivity index (χ4v) is 2.45. The van der Waals surface area contributed by atoms with E-state index in [0.29, 0.717) is 0 Å². The topological polar surface area (TPSA) is 12.0 Å². The van der Waals surface area contributed by atoms with Gasteiger partial charge in [-0.1, -0.05) is 50.7 Å². The molecule has 1 rings (SSSR count). The molecule has 0 saturated carbocycles. The van der Waals surface area contributed by atoms with Crippen LogP contribution in [0.5, 0.6) is 0 Å². The Morgan fingerprint density at radius 3 is 1.41 bits per heavy atom. The molecule has 1 nitrogen and oxygen atoms in total.